The first-order valence-corrected chi connectivity index (χ1v) is 5.96. The summed E-state index contributed by atoms with van der Waals surface area (Å²) in [6.45, 7) is 6.93. The van der Waals surface area contributed by atoms with Gasteiger partial charge in [0.25, 0.3) is 0 Å². The zero-order valence-corrected chi connectivity index (χ0v) is 10.2. The number of benzene rings is 1. The van der Waals surface area contributed by atoms with Crippen LogP contribution in [0.5, 0.6) is 0 Å². The normalized spacial score (nSPS) is 21.4. The number of halogens is 1. The minimum Gasteiger partial charge on any atom is -0.362 e. The van der Waals surface area contributed by atoms with E-state index in [1.807, 2.05) is 12.1 Å². The van der Waals surface area contributed by atoms with Crippen LogP contribution in [0.2, 0.25) is 0 Å². The summed E-state index contributed by atoms with van der Waals surface area (Å²) in [5.41, 5.74) is 1.25. The van der Waals surface area contributed by atoms with Gasteiger partial charge in [-0.2, -0.15) is 0 Å². The lowest BCUT2D eigenvalue weighted by Gasteiger charge is -2.36. The van der Waals surface area contributed by atoms with Crippen LogP contribution in [-0.2, 0) is 0 Å². The number of nitrogens with one attached hydrogen (secondary N) is 1. The minimum absolute atomic E-state index is 0.387. The van der Waals surface area contributed by atoms with E-state index in [1.54, 1.807) is 0 Å². The Balaban J connectivity index is 2.28. The van der Waals surface area contributed by atoms with E-state index >= 15 is 0 Å². The Morgan fingerprint density at radius 2 is 2.27 bits per heavy atom. The second-order valence-corrected chi connectivity index (χ2v) is 4.51. The van der Waals surface area contributed by atoms with Crippen molar-refractivity contribution in [2.45, 2.75) is 6.04 Å². The zero-order valence-electron chi connectivity index (χ0n) is 8.62. The van der Waals surface area contributed by atoms with E-state index in [-0.39, 0.29) is 0 Å². The van der Waals surface area contributed by atoms with Gasteiger partial charge in [0.15, 0.2) is 0 Å². The van der Waals surface area contributed by atoms with Gasteiger partial charge in [-0.05, 0) is 28.1 Å². The molecule has 1 N–H and O–H groups in total. The Morgan fingerprint density at radius 3 is 3.00 bits per heavy atom. The molecule has 0 aliphatic carbocycles. The number of piperazine rings is 1. The number of rotatable bonds is 2. The molecule has 0 amide bonds. The smallest absolute Gasteiger partial charge is 0.0596 e. The summed E-state index contributed by atoms with van der Waals surface area (Å²) in [4.78, 5) is 2.38. The fourth-order valence-electron chi connectivity index (χ4n) is 1.92. The molecule has 1 fully saturated rings. The first-order chi connectivity index (χ1) is 7.33. The van der Waals surface area contributed by atoms with Gasteiger partial charge in [0.2, 0.25) is 0 Å². The third kappa shape index (κ3) is 2.24. The van der Waals surface area contributed by atoms with Gasteiger partial charge in [-0.15, -0.1) is 6.58 Å². The van der Waals surface area contributed by atoms with Gasteiger partial charge in [0.05, 0.1) is 11.7 Å². The number of nitrogens with zero attached hydrogens (tertiary/aromatic N) is 1. The second kappa shape index (κ2) is 4.81. The number of para-hydroxylation sites is 1. The van der Waals surface area contributed by atoms with Crippen molar-refractivity contribution in [3.8, 4) is 0 Å². The third-order valence-corrected chi connectivity index (χ3v) is 3.39. The molecule has 0 aromatic heterocycles. The number of hydrogen-bond donors (Lipinski definition) is 1. The SMILES string of the molecule is C=CC1CNCCN1c1ccccc1Br. The van der Waals surface area contributed by atoms with E-state index in [0.717, 1.165) is 24.1 Å². The van der Waals surface area contributed by atoms with Crippen molar-refractivity contribution < 1.29 is 0 Å². The molecule has 1 aliphatic rings. The molecule has 2 rings (SSSR count). The Hall–Kier alpha value is -0.800. The lowest BCUT2D eigenvalue weighted by Crippen LogP contribution is -2.50. The van der Waals surface area contributed by atoms with E-state index in [1.165, 1.54) is 5.69 Å². The van der Waals surface area contributed by atoms with Crippen LogP contribution in [0.15, 0.2) is 41.4 Å². The lowest BCUT2D eigenvalue weighted by molar-refractivity contribution is 0.529. The lowest BCUT2D eigenvalue weighted by atomic mass is 10.1. The fourth-order valence-corrected chi connectivity index (χ4v) is 2.43. The minimum atomic E-state index is 0.387. The second-order valence-electron chi connectivity index (χ2n) is 3.65. The zero-order chi connectivity index (χ0) is 10.7. The largest absolute Gasteiger partial charge is 0.362 e. The first kappa shape index (κ1) is 10.7. The van der Waals surface area contributed by atoms with Gasteiger partial charge in [0.1, 0.15) is 0 Å². The molecule has 3 heteroatoms. The van der Waals surface area contributed by atoms with Crippen LogP contribution < -0.4 is 10.2 Å². The Kier molecular flexibility index (Phi) is 3.44. The average Bonchev–Trinajstić information content (AvgIpc) is 2.30. The van der Waals surface area contributed by atoms with Crippen LogP contribution in [0.4, 0.5) is 5.69 Å². The van der Waals surface area contributed by atoms with Crippen molar-refractivity contribution in [1.82, 2.24) is 5.32 Å². The molecule has 0 saturated carbocycles. The monoisotopic (exact) mass is 266 g/mol. The quantitative estimate of drug-likeness (QED) is 0.828. The maximum Gasteiger partial charge on any atom is 0.0596 e. The van der Waals surface area contributed by atoms with Crippen LogP contribution in [-0.4, -0.2) is 25.7 Å². The van der Waals surface area contributed by atoms with E-state index in [2.05, 4.69) is 50.9 Å². The van der Waals surface area contributed by atoms with Crippen molar-refractivity contribution in [2.75, 3.05) is 24.5 Å². The highest BCUT2D eigenvalue weighted by molar-refractivity contribution is 9.10. The number of hydrogen-bond acceptors (Lipinski definition) is 2. The van der Waals surface area contributed by atoms with Crippen LogP contribution >= 0.6 is 15.9 Å². The third-order valence-electron chi connectivity index (χ3n) is 2.72. The molecule has 1 unspecified atom stereocenters. The Bertz CT molecular complexity index is 351. The van der Waals surface area contributed by atoms with E-state index in [0.29, 0.717) is 6.04 Å². The molecule has 2 nitrogen and oxygen atoms in total. The molecular weight excluding hydrogens is 252 g/mol. The van der Waals surface area contributed by atoms with Gasteiger partial charge in [0, 0.05) is 24.1 Å². The Morgan fingerprint density at radius 1 is 1.47 bits per heavy atom. The van der Waals surface area contributed by atoms with Crippen molar-refractivity contribution in [3.63, 3.8) is 0 Å². The summed E-state index contributed by atoms with van der Waals surface area (Å²) in [5.74, 6) is 0. The Labute approximate surface area is 99.1 Å². The molecule has 1 aromatic rings. The van der Waals surface area contributed by atoms with E-state index < -0.39 is 0 Å². The maximum absolute atomic E-state index is 3.89. The highest BCUT2D eigenvalue weighted by Crippen LogP contribution is 2.27. The van der Waals surface area contributed by atoms with Gasteiger partial charge >= 0.3 is 0 Å². The van der Waals surface area contributed by atoms with Crippen molar-refractivity contribution >= 4 is 21.6 Å². The van der Waals surface area contributed by atoms with E-state index in [4.69, 9.17) is 0 Å². The molecule has 1 atom stereocenters. The first-order valence-electron chi connectivity index (χ1n) is 5.17. The topological polar surface area (TPSA) is 15.3 Å². The van der Waals surface area contributed by atoms with E-state index in [9.17, 15) is 0 Å². The molecule has 1 aromatic carbocycles. The summed E-state index contributed by atoms with van der Waals surface area (Å²) in [6.07, 6.45) is 2.01. The highest BCUT2D eigenvalue weighted by Gasteiger charge is 2.20. The maximum atomic E-state index is 3.89. The predicted octanol–water partition coefficient (Wildman–Crippen LogP) is 2.41. The molecule has 80 valence electrons. The molecule has 1 heterocycles. The molecule has 0 bridgehead atoms. The summed E-state index contributed by atoms with van der Waals surface area (Å²) in [6, 6.07) is 8.72. The van der Waals surface area contributed by atoms with Gasteiger partial charge < -0.3 is 10.2 Å². The number of anilines is 1. The summed E-state index contributed by atoms with van der Waals surface area (Å²) in [7, 11) is 0. The standard InChI is InChI=1S/C12H15BrN2/c1-2-10-9-14-7-8-15(10)12-6-4-3-5-11(12)13/h2-6,10,14H,1,7-9H2. The van der Waals surface area contributed by atoms with Crippen molar-refractivity contribution in [3.05, 3.63) is 41.4 Å². The summed E-state index contributed by atoms with van der Waals surface area (Å²) < 4.78 is 1.15. The molecule has 0 spiro atoms. The summed E-state index contributed by atoms with van der Waals surface area (Å²) in [5, 5.41) is 3.38. The van der Waals surface area contributed by atoms with Crippen LogP contribution in [0.3, 0.4) is 0 Å². The van der Waals surface area contributed by atoms with Crippen LogP contribution in [0.1, 0.15) is 0 Å². The predicted molar refractivity (Wildman–Crippen MR) is 68.3 cm³/mol. The molecular formula is C12H15BrN2. The fraction of sp³-hybridized carbons (Fsp3) is 0.333. The molecule has 15 heavy (non-hydrogen) atoms. The summed E-state index contributed by atoms with van der Waals surface area (Å²) >= 11 is 3.59. The van der Waals surface area contributed by atoms with Gasteiger partial charge in [-0.25, -0.2) is 0 Å². The van der Waals surface area contributed by atoms with Crippen molar-refractivity contribution in [1.29, 1.82) is 0 Å². The molecule has 0 radical (unpaired) electrons. The van der Waals surface area contributed by atoms with Crippen molar-refractivity contribution in [2.24, 2.45) is 0 Å². The average molecular weight is 267 g/mol. The molecule has 1 aliphatic heterocycles. The highest BCUT2D eigenvalue weighted by atomic mass is 79.9. The van der Waals surface area contributed by atoms with Crippen LogP contribution in [0.25, 0.3) is 0 Å². The van der Waals surface area contributed by atoms with Gasteiger partial charge in [-0.3, -0.25) is 0 Å². The van der Waals surface area contributed by atoms with Crippen LogP contribution in [0, 0.1) is 0 Å². The van der Waals surface area contributed by atoms with Gasteiger partial charge in [-0.1, -0.05) is 18.2 Å². The molecule has 1 saturated heterocycles.